The minimum absolute atomic E-state index is 0.0714. The number of anilines is 1. The van der Waals surface area contributed by atoms with Crippen LogP contribution in [0.1, 0.15) is 29.8 Å². The number of nitrogens with one attached hydrogen (secondary N) is 1. The Balaban J connectivity index is 3.28. The van der Waals surface area contributed by atoms with Gasteiger partial charge in [0.25, 0.3) is 5.91 Å². The van der Waals surface area contributed by atoms with Gasteiger partial charge < -0.3 is 16.2 Å². The van der Waals surface area contributed by atoms with Crippen LogP contribution in [0.5, 0.6) is 0 Å². The smallest absolute Gasteiger partial charge is 0.416 e. The van der Waals surface area contributed by atoms with Crippen molar-refractivity contribution in [1.29, 1.82) is 0 Å². The quantitative estimate of drug-likeness (QED) is 0.791. The number of alkyl halides is 3. The van der Waals surface area contributed by atoms with Crippen molar-refractivity contribution in [3.05, 3.63) is 29.3 Å². The second-order valence-corrected chi connectivity index (χ2v) is 4.68. The summed E-state index contributed by atoms with van der Waals surface area (Å²) >= 11 is 0. The maximum atomic E-state index is 12.6. The third-order valence-corrected chi connectivity index (χ3v) is 2.59. The number of carboxylic acids is 1. The van der Waals surface area contributed by atoms with Crippen molar-refractivity contribution in [1.82, 2.24) is 0 Å². The van der Waals surface area contributed by atoms with Crippen LogP contribution in [0.25, 0.3) is 0 Å². The first-order valence-corrected chi connectivity index (χ1v) is 5.48. The topological polar surface area (TPSA) is 92.4 Å². The van der Waals surface area contributed by atoms with Gasteiger partial charge in [0.1, 0.15) is 5.54 Å². The number of amides is 1. The number of benzene rings is 1. The summed E-state index contributed by atoms with van der Waals surface area (Å²) < 4.78 is 37.7. The molecule has 0 bridgehead atoms. The van der Waals surface area contributed by atoms with Gasteiger partial charge in [0.2, 0.25) is 0 Å². The van der Waals surface area contributed by atoms with Crippen LogP contribution in [0.4, 0.5) is 18.9 Å². The summed E-state index contributed by atoms with van der Waals surface area (Å²) in [6.45, 7) is 2.61. The summed E-state index contributed by atoms with van der Waals surface area (Å²) in [5.74, 6) is -2.31. The summed E-state index contributed by atoms with van der Waals surface area (Å²) in [5, 5.41) is 11.4. The van der Waals surface area contributed by atoms with Crippen molar-refractivity contribution in [3.8, 4) is 0 Å². The first kappa shape index (κ1) is 15.8. The Labute approximate surface area is 112 Å². The first-order valence-electron chi connectivity index (χ1n) is 5.48. The minimum Gasteiger partial charge on any atom is -0.480 e. The van der Waals surface area contributed by atoms with Gasteiger partial charge in [-0.05, 0) is 32.0 Å². The largest absolute Gasteiger partial charge is 0.480 e. The maximum absolute atomic E-state index is 12.6. The van der Waals surface area contributed by atoms with Gasteiger partial charge in [0.05, 0.1) is 11.1 Å². The number of nitrogens with two attached hydrogens (primary N) is 1. The van der Waals surface area contributed by atoms with Crippen LogP contribution in [0, 0.1) is 0 Å². The van der Waals surface area contributed by atoms with Gasteiger partial charge >= 0.3 is 12.1 Å². The van der Waals surface area contributed by atoms with Gasteiger partial charge in [-0.25, -0.2) is 4.79 Å². The number of carbonyl (C=O) groups excluding carboxylic acids is 1. The van der Waals surface area contributed by atoms with Crippen LogP contribution in [-0.4, -0.2) is 22.5 Å². The van der Waals surface area contributed by atoms with E-state index in [9.17, 15) is 22.8 Å². The summed E-state index contributed by atoms with van der Waals surface area (Å²) in [7, 11) is 0. The predicted octanol–water partition coefficient (Wildman–Crippen LogP) is 2.08. The molecule has 8 heteroatoms. The van der Waals surface area contributed by atoms with E-state index in [-0.39, 0.29) is 5.69 Å². The summed E-state index contributed by atoms with van der Waals surface area (Å²) in [6, 6.07) is 2.31. The Hall–Kier alpha value is -2.25. The third-order valence-electron chi connectivity index (χ3n) is 2.59. The molecule has 1 amide bonds. The van der Waals surface area contributed by atoms with Gasteiger partial charge in [0.15, 0.2) is 0 Å². The Morgan fingerprint density at radius 1 is 1.25 bits per heavy atom. The monoisotopic (exact) mass is 290 g/mol. The predicted molar refractivity (Wildman–Crippen MR) is 65.3 cm³/mol. The molecule has 110 valence electrons. The van der Waals surface area contributed by atoms with Gasteiger partial charge in [0, 0.05) is 5.69 Å². The second-order valence-electron chi connectivity index (χ2n) is 4.68. The Morgan fingerprint density at radius 2 is 1.80 bits per heavy atom. The van der Waals surface area contributed by atoms with Crippen molar-refractivity contribution in [2.45, 2.75) is 25.6 Å². The number of carboxylic acid groups (broad SMARTS) is 1. The average Bonchev–Trinajstić information content (AvgIpc) is 2.26. The molecule has 1 aromatic carbocycles. The maximum Gasteiger partial charge on any atom is 0.416 e. The zero-order chi connectivity index (χ0) is 15.7. The number of hydrogen-bond acceptors (Lipinski definition) is 3. The van der Waals surface area contributed by atoms with E-state index in [1.165, 1.54) is 13.8 Å². The number of primary amides is 1. The molecule has 0 spiro atoms. The van der Waals surface area contributed by atoms with Gasteiger partial charge in [-0.15, -0.1) is 0 Å². The van der Waals surface area contributed by atoms with E-state index in [2.05, 4.69) is 5.32 Å². The molecule has 0 aliphatic rings. The van der Waals surface area contributed by atoms with Crippen molar-refractivity contribution < 1.29 is 27.9 Å². The second kappa shape index (κ2) is 5.03. The lowest BCUT2D eigenvalue weighted by atomic mass is 10.0. The van der Waals surface area contributed by atoms with Crippen molar-refractivity contribution in [2.75, 3.05) is 5.32 Å². The van der Waals surface area contributed by atoms with Crippen molar-refractivity contribution >= 4 is 17.6 Å². The zero-order valence-corrected chi connectivity index (χ0v) is 10.7. The van der Waals surface area contributed by atoms with Crippen LogP contribution in [0.3, 0.4) is 0 Å². The molecule has 0 atom stereocenters. The molecular formula is C12H13F3N2O3. The molecule has 0 aliphatic carbocycles. The number of carbonyl (C=O) groups is 2. The first-order chi connectivity index (χ1) is 8.95. The lowest BCUT2D eigenvalue weighted by Gasteiger charge is -2.24. The Kier molecular flexibility index (Phi) is 3.97. The van der Waals surface area contributed by atoms with E-state index in [1.54, 1.807) is 0 Å². The fourth-order valence-corrected chi connectivity index (χ4v) is 1.42. The lowest BCUT2D eigenvalue weighted by molar-refractivity contribution is -0.141. The van der Waals surface area contributed by atoms with Crippen molar-refractivity contribution in [2.24, 2.45) is 5.73 Å². The highest BCUT2D eigenvalue weighted by atomic mass is 19.4. The van der Waals surface area contributed by atoms with E-state index >= 15 is 0 Å². The standard InChI is InChI=1S/C12H13F3N2O3/c1-11(2,10(19)20)17-8-4-3-6(12(13,14)15)5-7(8)9(16)18/h3-5,17H,1-2H3,(H2,16,18)(H,19,20). The molecule has 0 radical (unpaired) electrons. The molecule has 1 rings (SSSR count). The van der Waals surface area contributed by atoms with Crippen LogP contribution in [-0.2, 0) is 11.0 Å². The molecule has 0 saturated carbocycles. The molecule has 0 aliphatic heterocycles. The van der Waals surface area contributed by atoms with Crippen molar-refractivity contribution in [3.63, 3.8) is 0 Å². The van der Waals surface area contributed by atoms with Crippen LogP contribution in [0.2, 0.25) is 0 Å². The van der Waals surface area contributed by atoms with Crippen LogP contribution < -0.4 is 11.1 Å². The average molecular weight is 290 g/mol. The molecule has 1 aromatic rings. The fourth-order valence-electron chi connectivity index (χ4n) is 1.42. The normalized spacial score (nSPS) is 12.1. The fraction of sp³-hybridized carbons (Fsp3) is 0.333. The molecule has 0 aromatic heterocycles. The highest BCUT2D eigenvalue weighted by Gasteiger charge is 2.33. The third kappa shape index (κ3) is 3.40. The number of aliphatic carboxylic acids is 1. The molecule has 0 saturated heterocycles. The van der Waals surface area contributed by atoms with Crippen LogP contribution in [0.15, 0.2) is 18.2 Å². The highest BCUT2D eigenvalue weighted by molar-refractivity contribution is 5.99. The molecule has 4 N–H and O–H groups in total. The number of hydrogen-bond donors (Lipinski definition) is 3. The highest BCUT2D eigenvalue weighted by Crippen LogP contribution is 2.32. The lowest BCUT2D eigenvalue weighted by Crippen LogP contribution is -2.40. The minimum atomic E-state index is -4.62. The summed E-state index contributed by atoms with van der Waals surface area (Å²) in [4.78, 5) is 22.2. The van der Waals surface area contributed by atoms with Gasteiger partial charge in [-0.2, -0.15) is 13.2 Å². The van der Waals surface area contributed by atoms with E-state index in [0.29, 0.717) is 6.07 Å². The molecule has 20 heavy (non-hydrogen) atoms. The van der Waals surface area contributed by atoms with E-state index in [0.717, 1.165) is 12.1 Å². The Morgan fingerprint density at radius 3 is 2.20 bits per heavy atom. The van der Waals surface area contributed by atoms with E-state index in [1.807, 2.05) is 0 Å². The van der Waals surface area contributed by atoms with Gasteiger partial charge in [-0.3, -0.25) is 4.79 Å². The van der Waals surface area contributed by atoms with E-state index in [4.69, 9.17) is 10.8 Å². The molecule has 5 nitrogen and oxygen atoms in total. The molecular weight excluding hydrogens is 277 g/mol. The van der Waals surface area contributed by atoms with Crippen LogP contribution >= 0.6 is 0 Å². The Bertz CT molecular complexity index is 553. The summed E-state index contributed by atoms with van der Waals surface area (Å²) in [6.07, 6.45) is -4.62. The molecule has 0 fully saturated rings. The molecule has 0 unspecified atom stereocenters. The molecule has 0 heterocycles. The summed E-state index contributed by atoms with van der Waals surface area (Å²) in [5.41, 5.74) is 2.03. The number of rotatable bonds is 4. The zero-order valence-electron chi connectivity index (χ0n) is 10.7. The van der Waals surface area contributed by atoms with Gasteiger partial charge in [-0.1, -0.05) is 0 Å². The number of halogens is 3. The van der Waals surface area contributed by atoms with E-state index < -0.39 is 34.7 Å². The SMILES string of the molecule is CC(C)(Nc1ccc(C(F)(F)F)cc1C(N)=O)C(=O)O.